The van der Waals surface area contributed by atoms with Gasteiger partial charge in [0.15, 0.2) is 30.5 Å². The predicted octanol–water partition coefficient (Wildman–Crippen LogP) is 1.28. The van der Waals surface area contributed by atoms with E-state index in [9.17, 15) is 32.3 Å². The lowest BCUT2D eigenvalue weighted by Crippen LogP contribution is -2.35. The van der Waals surface area contributed by atoms with Crippen LogP contribution < -0.4 is 14.8 Å². The smallest absolute Gasteiger partial charge is 0.479 e. The van der Waals surface area contributed by atoms with E-state index in [0.29, 0.717) is 12.3 Å². The monoisotopic (exact) mass is 536 g/mol. The zero-order chi connectivity index (χ0) is 28.2. The molecule has 1 fully saturated rings. The molecule has 0 saturated carbocycles. The average Bonchev–Trinajstić information content (AvgIpc) is 2.81. The van der Waals surface area contributed by atoms with Crippen LogP contribution in [0.5, 0.6) is 11.5 Å². The summed E-state index contributed by atoms with van der Waals surface area (Å²) in [5.74, 6) is -5.43. The van der Waals surface area contributed by atoms with Crippen molar-refractivity contribution in [3.63, 3.8) is 0 Å². The highest BCUT2D eigenvalue weighted by Gasteiger charge is 2.38. The van der Waals surface area contributed by atoms with Gasteiger partial charge in [0, 0.05) is 19.0 Å². The molecular formula is C22H27F3N2O10. The first-order valence-electron chi connectivity index (χ1n) is 10.8. The van der Waals surface area contributed by atoms with Crippen molar-refractivity contribution >= 4 is 29.6 Å². The maximum Gasteiger partial charge on any atom is 0.490 e. The van der Waals surface area contributed by atoms with Crippen LogP contribution in [-0.2, 0) is 19.2 Å². The lowest BCUT2D eigenvalue weighted by Gasteiger charge is -2.24. The van der Waals surface area contributed by atoms with Crippen LogP contribution in [0.15, 0.2) is 18.2 Å². The largest absolute Gasteiger partial charge is 0.490 e. The lowest BCUT2D eigenvalue weighted by molar-refractivity contribution is -0.192. The van der Waals surface area contributed by atoms with Gasteiger partial charge in [0.2, 0.25) is 5.91 Å². The summed E-state index contributed by atoms with van der Waals surface area (Å²) < 4.78 is 41.9. The normalized spacial score (nSPS) is 13.5. The number of alkyl halides is 3. The molecule has 1 aliphatic heterocycles. The molecule has 1 saturated heterocycles. The lowest BCUT2D eigenvalue weighted by atomic mass is 9.94. The predicted molar refractivity (Wildman–Crippen MR) is 119 cm³/mol. The Labute approximate surface area is 208 Å². The van der Waals surface area contributed by atoms with Gasteiger partial charge in [-0.3, -0.25) is 9.59 Å². The Balaban J connectivity index is 0.000000856. The number of aliphatic carboxylic acids is 3. The number of hydrogen-bond acceptors (Lipinski definition) is 8. The van der Waals surface area contributed by atoms with Crippen LogP contribution in [0.3, 0.4) is 0 Å². The molecule has 0 aromatic heterocycles. The second kappa shape index (κ2) is 14.6. The van der Waals surface area contributed by atoms with E-state index in [0.717, 1.165) is 25.9 Å². The van der Waals surface area contributed by atoms with E-state index in [1.54, 1.807) is 7.05 Å². The second-order valence-corrected chi connectivity index (χ2v) is 7.90. The van der Waals surface area contributed by atoms with Crippen molar-refractivity contribution in [1.29, 1.82) is 0 Å². The van der Waals surface area contributed by atoms with Gasteiger partial charge >= 0.3 is 24.1 Å². The molecule has 0 bridgehead atoms. The molecule has 0 aliphatic carbocycles. The topological polar surface area (TPSA) is 180 Å². The number of ether oxygens (including phenoxy) is 2. The van der Waals surface area contributed by atoms with Crippen LogP contribution in [0.1, 0.15) is 29.6 Å². The number of carboxylic acid groups (broad SMARTS) is 3. The van der Waals surface area contributed by atoms with Crippen LogP contribution in [0.4, 0.5) is 13.2 Å². The molecule has 0 atom stereocenters. The number of carbonyl (C=O) groups is 5. The molecule has 0 spiro atoms. The van der Waals surface area contributed by atoms with Crippen LogP contribution in [-0.4, -0.2) is 95.9 Å². The maximum atomic E-state index is 12.6. The number of likely N-dealkylation sites (N-methyl/N-ethyl adjacent to an activating group) is 1. The number of carbonyl (C=O) groups excluding carboxylic acids is 2. The van der Waals surface area contributed by atoms with Crippen molar-refractivity contribution in [2.24, 2.45) is 5.92 Å². The Morgan fingerprint density at radius 1 is 0.973 bits per heavy atom. The summed E-state index contributed by atoms with van der Waals surface area (Å²) in [6, 6.07) is 4.04. The van der Waals surface area contributed by atoms with Crippen LogP contribution in [0, 0.1) is 5.92 Å². The van der Waals surface area contributed by atoms with Gasteiger partial charge in [0.1, 0.15) is 0 Å². The third kappa shape index (κ3) is 12.1. The van der Waals surface area contributed by atoms with Gasteiger partial charge < -0.3 is 35.0 Å². The van der Waals surface area contributed by atoms with Crippen molar-refractivity contribution < 1.29 is 61.9 Å². The molecule has 1 amide bonds. The van der Waals surface area contributed by atoms with E-state index >= 15 is 0 Å². The number of nitrogens with one attached hydrogen (secondary N) is 1. The first-order valence-corrected chi connectivity index (χ1v) is 10.8. The summed E-state index contributed by atoms with van der Waals surface area (Å²) in [5.41, 5.74) is 0.194. The van der Waals surface area contributed by atoms with Gasteiger partial charge in [-0.2, -0.15) is 13.2 Å². The first-order chi connectivity index (χ1) is 17.2. The van der Waals surface area contributed by atoms with Crippen molar-refractivity contribution in [1.82, 2.24) is 10.2 Å². The van der Waals surface area contributed by atoms with E-state index in [2.05, 4.69) is 5.32 Å². The number of nitrogens with zero attached hydrogens (tertiary/aromatic N) is 1. The zero-order valence-corrected chi connectivity index (χ0v) is 19.7. The fourth-order valence-corrected chi connectivity index (χ4v) is 3.08. The Morgan fingerprint density at radius 3 is 1.97 bits per heavy atom. The van der Waals surface area contributed by atoms with E-state index in [1.165, 1.54) is 23.1 Å². The molecule has 0 radical (unpaired) electrons. The highest BCUT2D eigenvalue weighted by molar-refractivity contribution is 5.99. The van der Waals surface area contributed by atoms with Crippen molar-refractivity contribution in [2.75, 3.05) is 39.9 Å². The summed E-state index contributed by atoms with van der Waals surface area (Å²) in [4.78, 5) is 56.8. The van der Waals surface area contributed by atoms with Gasteiger partial charge in [0.05, 0.1) is 6.54 Å². The fourth-order valence-electron chi connectivity index (χ4n) is 3.08. The standard InChI is InChI=1S/C20H26N2O8.C2HF3O2/c1-22(18(24)8-13-4-6-21-7-5-13)10-15(23)14-2-3-16(29-11-19(25)26)17(9-14)30-12-20(27)28;3-2(4,5)1(6)7/h2-3,9,13,21H,4-8,10-12H2,1H3,(H,25,26)(H,27,28);(H,6,7). The number of halogens is 3. The first kappa shape index (κ1) is 31.2. The minimum absolute atomic E-state index is 0.00513. The second-order valence-electron chi connectivity index (χ2n) is 7.90. The molecule has 12 nitrogen and oxygen atoms in total. The zero-order valence-electron chi connectivity index (χ0n) is 19.7. The summed E-state index contributed by atoms with van der Waals surface area (Å²) in [5, 5.41) is 27.9. The average molecular weight is 536 g/mol. The molecule has 1 aromatic rings. The molecule has 1 aliphatic rings. The summed E-state index contributed by atoms with van der Waals surface area (Å²) >= 11 is 0. The Morgan fingerprint density at radius 2 is 1.49 bits per heavy atom. The third-order valence-electron chi connectivity index (χ3n) is 4.94. The third-order valence-corrected chi connectivity index (χ3v) is 4.94. The SMILES string of the molecule is CN(CC(=O)c1ccc(OCC(=O)O)c(OCC(=O)O)c1)C(=O)CC1CCNCC1.O=C(O)C(F)(F)F. The number of amides is 1. The molecule has 1 heterocycles. The van der Waals surface area contributed by atoms with E-state index < -0.39 is 37.3 Å². The van der Waals surface area contributed by atoms with Gasteiger partial charge in [-0.05, 0) is 50.0 Å². The summed E-state index contributed by atoms with van der Waals surface area (Å²) in [6.07, 6.45) is -2.84. The van der Waals surface area contributed by atoms with Gasteiger partial charge in [0.25, 0.3) is 0 Å². The molecule has 15 heteroatoms. The van der Waals surface area contributed by atoms with Crippen LogP contribution in [0.2, 0.25) is 0 Å². The molecule has 4 N–H and O–H groups in total. The number of ketones is 1. The van der Waals surface area contributed by atoms with Gasteiger partial charge in [-0.15, -0.1) is 0 Å². The number of rotatable bonds is 11. The van der Waals surface area contributed by atoms with Crippen molar-refractivity contribution in [2.45, 2.75) is 25.4 Å². The van der Waals surface area contributed by atoms with E-state index in [-0.39, 0.29) is 35.3 Å². The molecule has 2 rings (SSSR count). The number of hydrogen-bond donors (Lipinski definition) is 4. The van der Waals surface area contributed by atoms with Gasteiger partial charge in [-0.25, -0.2) is 14.4 Å². The minimum atomic E-state index is -5.08. The van der Waals surface area contributed by atoms with Gasteiger partial charge in [-0.1, -0.05) is 0 Å². The highest BCUT2D eigenvalue weighted by Crippen LogP contribution is 2.29. The minimum Gasteiger partial charge on any atom is -0.479 e. The molecule has 0 unspecified atom stereocenters. The van der Waals surface area contributed by atoms with Crippen LogP contribution >= 0.6 is 0 Å². The Kier molecular flexibility index (Phi) is 12.3. The summed E-state index contributed by atoms with van der Waals surface area (Å²) in [7, 11) is 1.56. The number of carboxylic acids is 3. The van der Waals surface area contributed by atoms with Crippen LogP contribution in [0.25, 0.3) is 0 Å². The number of Topliss-reactive ketones (excluding diaryl/α,β-unsaturated/α-hetero) is 1. The molecule has 1 aromatic carbocycles. The quantitative estimate of drug-likeness (QED) is 0.299. The molecular weight excluding hydrogens is 509 g/mol. The highest BCUT2D eigenvalue weighted by atomic mass is 19.4. The van der Waals surface area contributed by atoms with Crippen molar-refractivity contribution in [3.8, 4) is 11.5 Å². The fraction of sp³-hybridized carbons (Fsp3) is 0.500. The molecule has 37 heavy (non-hydrogen) atoms. The van der Waals surface area contributed by atoms with E-state index in [1.807, 2.05) is 0 Å². The maximum absolute atomic E-state index is 12.6. The van der Waals surface area contributed by atoms with Crippen molar-refractivity contribution in [3.05, 3.63) is 23.8 Å². The number of piperidine rings is 1. The van der Waals surface area contributed by atoms with E-state index in [4.69, 9.17) is 29.6 Å². The Hall–Kier alpha value is -3.88. The Bertz CT molecular complexity index is 978. The summed E-state index contributed by atoms with van der Waals surface area (Å²) in [6.45, 7) is 0.296. The molecule has 206 valence electrons. The number of benzene rings is 1.